The minimum atomic E-state index is 0.540. The van der Waals surface area contributed by atoms with Crippen LogP contribution in [0.4, 0.5) is 5.69 Å². The molecule has 1 saturated carbocycles. The zero-order chi connectivity index (χ0) is 13.1. The van der Waals surface area contributed by atoms with Crippen LogP contribution in [0.15, 0.2) is 35.3 Å². The maximum Gasteiger partial charge on any atom is 0.193 e. The Labute approximate surface area is 119 Å². The molecule has 0 bridgehead atoms. The number of anilines is 1. The van der Waals surface area contributed by atoms with E-state index in [0.717, 1.165) is 18.2 Å². The van der Waals surface area contributed by atoms with Gasteiger partial charge in [0.25, 0.3) is 0 Å². The molecule has 1 aromatic rings. The first-order valence-electron chi connectivity index (χ1n) is 6.98. The highest BCUT2D eigenvalue weighted by Crippen LogP contribution is 2.60. The van der Waals surface area contributed by atoms with Gasteiger partial charge in [-0.3, -0.25) is 4.99 Å². The van der Waals surface area contributed by atoms with E-state index in [-0.39, 0.29) is 0 Å². The van der Waals surface area contributed by atoms with Crippen molar-refractivity contribution in [3.8, 4) is 0 Å². The summed E-state index contributed by atoms with van der Waals surface area (Å²) in [4.78, 5) is 4.51. The SMILES string of the molecule is NC(=NCC1CC12CCSCC2)Nc1ccccc1. The molecule has 2 aliphatic rings. The molecule has 3 N–H and O–H groups in total. The molecule has 3 nitrogen and oxygen atoms in total. The molecular formula is C15H21N3S. The molecule has 1 heterocycles. The Balaban J connectivity index is 1.50. The summed E-state index contributed by atoms with van der Waals surface area (Å²) in [5.41, 5.74) is 7.56. The quantitative estimate of drug-likeness (QED) is 0.658. The lowest BCUT2D eigenvalue weighted by Gasteiger charge is -2.21. The van der Waals surface area contributed by atoms with Crippen molar-refractivity contribution in [2.45, 2.75) is 19.3 Å². The van der Waals surface area contributed by atoms with Crippen LogP contribution in [0.3, 0.4) is 0 Å². The molecule has 19 heavy (non-hydrogen) atoms. The number of rotatable bonds is 3. The summed E-state index contributed by atoms with van der Waals surface area (Å²) in [5, 5.41) is 3.14. The van der Waals surface area contributed by atoms with Gasteiger partial charge in [-0.25, -0.2) is 0 Å². The third-order valence-corrected chi connectivity index (χ3v) is 5.36. The summed E-state index contributed by atoms with van der Waals surface area (Å²) in [6, 6.07) is 9.97. The Bertz CT molecular complexity index is 452. The Morgan fingerprint density at radius 3 is 2.79 bits per heavy atom. The van der Waals surface area contributed by atoms with E-state index in [9.17, 15) is 0 Å². The molecule has 1 aliphatic carbocycles. The van der Waals surface area contributed by atoms with Gasteiger partial charge in [-0.1, -0.05) is 18.2 Å². The Morgan fingerprint density at radius 2 is 2.05 bits per heavy atom. The van der Waals surface area contributed by atoms with E-state index in [2.05, 4.69) is 22.1 Å². The molecular weight excluding hydrogens is 254 g/mol. The standard InChI is InChI=1S/C15H21N3S/c16-14(18-13-4-2-1-3-5-13)17-11-12-10-15(12)6-8-19-9-7-15/h1-5,12H,6-11H2,(H3,16,17,18). The molecule has 0 aromatic heterocycles. The predicted octanol–water partition coefficient (Wildman–Crippen LogP) is 2.95. The van der Waals surface area contributed by atoms with Crippen LogP contribution >= 0.6 is 11.8 Å². The number of benzene rings is 1. The maximum absolute atomic E-state index is 5.93. The molecule has 3 rings (SSSR count). The summed E-state index contributed by atoms with van der Waals surface area (Å²) in [5.74, 6) is 3.97. The normalized spacial score (nSPS) is 25.3. The number of thioether (sulfide) groups is 1. The van der Waals surface area contributed by atoms with Crippen LogP contribution in [0.2, 0.25) is 0 Å². The fourth-order valence-electron chi connectivity index (χ4n) is 3.00. The van der Waals surface area contributed by atoms with Crippen molar-refractivity contribution < 1.29 is 0 Å². The zero-order valence-corrected chi connectivity index (χ0v) is 12.0. The third-order valence-electron chi connectivity index (χ3n) is 4.38. The fourth-order valence-corrected chi connectivity index (χ4v) is 4.30. The topological polar surface area (TPSA) is 50.4 Å². The molecule has 1 spiro atoms. The summed E-state index contributed by atoms with van der Waals surface area (Å²) in [7, 11) is 0. The van der Waals surface area contributed by atoms with Gasteiger partial charge in [-0.15, -0.1) is 0 Å². The van der Waals surface area contributed by atoms with Crippen molar-refractivity contribution in [2.75, 3.05) is 23.4 Å². The van der Waals surface area contributed by atoms with Crippen molar-refractivity contribution >= 4 is 23.4 Å². The van der Waals surface area contributed by atoms with Crippen molar-refractivity contribution in [1.29, 1.82) is 0 Å². The second-order valence-corrected chi connectivity index (χ2v) is 6.82. The average Bonchev–Trinajstić information content (AvgIpc) is 3.11. The third kappa shape index (κ3) is 3.06. The molecule has 2 fully saturated rings. The maximum atomic E-state index is 5.93. The molecule has 0 radical (unpaired) electrons. The summed E-state index contributed by atoms with van der Waals surface area (Å²) in [6.45, 7) is 0.885. The summed E-state index contributed by atoms with van der Waals surface area (Å²) < 4.78 is 0. The van der Waals surface area contributed by atoms with Crippen LogP contribution in [0.1, 0.15) is 19.3 Å². The minimum absolute atomic E-state index is 0.540. The first kappa shape index (κ1) is 12.9. The van der Waals surface area contributed by atoms with Gasteiger partial charge in [0.15, 0.2) is 5.96 Å². The molecule has 1 aromatic carbocycles. The highest BCUT2D eigenvalue weighted by molar-refractivity contribution is 7.99. The predicted molar refractivity (Wildman–Crippen MR) is 83.7 cm³/mol. The largest absolute Gasteiger partial charge is 0.370 e. The van der Waals surface area contributed by atoms with E-state index in [4.69, 9.17) is 5.73 Å². The van der Waals surface area contributed by atoms with Gasteiger partial charge in [0.2, 0.25) is 0 Å². The highest BCUT2D eigenvalue weighted by atomic mass is 32.2. The van der Waals surface area contributed by atoms with Crippen molar-refractivity contribution in [1.82, 2.24) is 0 Å². The van der Waals surface area contributed by atoms with E-state index in [0.29, 0.717) is 11.4 Å². The lowest BCUT2D eigenvalue weighted by Crippen LogP contribution is -2.23. The number of nitrogens with zero attached hydrogens (tertiary/aromatic N) is 1. The van der Waals surface area contributed by atoms with Crippen LogP contribution < -0.4 is 11.1 Å². The molecule has 0 amide bonds. The number of nitrogens with one attached hydrogen (secondary N) is 1. The molecule has 102 valence electrons. The minimum Gasteiger partial charge on any atom is -0.370 e. The molecule has 1 unspecified atom stereocenters. The highest BCUT2D eigenvalue weighted by Gasteiger charge is 2.53. The van der Waals surface area contributed by atoms with Gasteiger partial charge in [0.05, 0.1) is 0 Å². The first-order chi connectivity index (χ1) is 9.28. The molecule has 1 aliphatic heterocycles. The number of guanidine groups is 1. The van der Waals surface area contributed by atoms with Gasteiger partial charge in [0.1, 0.15) is 0 Å². The second kappa shape index (κ2) is 5.45. The van der Waals surface area contributed by atoms with Crippen LogP contribution in [-0.4, -0.2) is 24.0 Å². The second-order valence-electron chi connectivity index (χ2n) is 5.59. The number of hydrogen-bond donors (Lipinski definition) is 2. The van der Waals surface area contributed by atoms with Gasteiger partial charge >= 0.3 is 0 Å². The van der Waals surface area contributed by atoms with Crippen molar-refractivity contribution in [3.63, 3.8) is 0 Å². The van der Waals surface area contributed by atoms with Gasteiger partial charge in [0, 0.05) is 12.2 Å². The van der Waals surface area contributed by atoms with Gasteiger partial charge in [-0.05, 0) is 54.2 Å². The smallest absolute Gasteiger partial charge is 0.193 e. The first-order valence-corrected chi connectivity index (χ1v) is 8.14. The van der Waals surface area contributed by atoms with Crippen molar-refractivity contribution in [2.24, 2.45) is 22.1 Å². The molecule has 1 saturated heterocycles. The number of aliphatic imine (C=N–C) groups is 1. The van der Waals surface area contributed by atoms with Crippen LogP contribution in [0.25, 0.3) is 0 Å². The van der Waals surface area contributed by atoms with E-state index in [1.165, 1.54) is 30.8 Å². The average molecular weight is 275 g/mol. The Hall–Kier alpha value is -1.16. The molecule has 4 heteroatoms. The lowest BCUT2D eigenvalue weighted by atomic mass is 9.96. The Morgan fingerprint density at radius 1 is 1.32 bits per heavy atom. The van der Waals surface area contributed by atoms with E-state index < -0.39 is 0 Å². The monoisotopic (exact) mass is 275 g/mol. The number of para-hydroxylation sites is 1. The summed E-state index contributed by atoms with van der Waals surface area (Å²) >= 11 is 2.09. The van der Waals surface area contributed by atoms with E-state index in [1.807, 2.05) is 30.3 Å². The lowest BCUT2D eigenvalue weighted by molar-refractivity contribution is 0.422. The van der Waals surface area contributed by atoms with Gasteiger partial charge in [-0.2, -0.15) is 11.8 Å². The van der Waals surface area contributed by atoms with Crippen LogP contribution in [0, 0.1) is 11.3 Å². The van der Waals surface area contributed by atoms with Crippen LogP contribution in [-0.2, 0) is 0 Å². The Kier molecular flexibility index (Phi) is 3.69. The van der Waals surface area contributed by atoms with Crippen molar-refractivity contribution in [3.05, 3.63) is 30.3 Å². The van der Waals surface area contributed by atoms with Gasteiger partial charge < -0.3 is 11.1 Å². The zero-order valence-electron chi connectivity index (χ0n) is 11.1. The number of nitrogens with two attached hydrogens (primary N) is 1. The number of hydrogen-bond acceptors (Lipinski definition) is 2. The van der Waals surface area contributed by atoms with E-state index in [1.54, 1.807) is 0 Å². The summed E-state index contributed by atoms with van der Waals surface area (Å²) in [6.07, 6.45) is 4.11. The van der Waals surface area contributed by atoms with E-state index >= 15 is 0 Å². The fraction of sp³-hybridized carbons (Fsp3) is 0.533. The molecule has 1 atom stereocenters. The van der Waals surface area contributed by atoms with Crippen LogP contribution in [0.5, 0.6) is 0 Å².